The normalized spacial score (nSPS) is 18.6. The van der Waals surface area contributed by atoms with Gasteiger partial charge in [-0.3, -0.25) is 4.98 Å². The Balaban J connectivity index is 2.03. The van der Waals surface area contributed by atoms with Gasteiger partial charge >= 0.3 is 5.97 Å². The van der Waals surface area contributed by atoms with E-state index in [-0.39, 0.29) is 22.5 Å². The van der Waals surface area contributed by atoms with Crippen LogP contribution in [-0.2, 0) is 21.2 Å². The molecule has 1 aliphatic heterocycles. The average Bonchev–Trinajstić information content (AvgIpc) is 3.13. The van der Waals surface area contributed by atoms with E-state index in [0.29, 0.717) is 26.1 Å². The predicted molar refractivity (Wildman–Crippen MR) is 93.2 cm³/mol. The van der Waals surface area contributed by atoms with Crippen LogP contribution in [0.1, 0.15) is 34.8 Å². The fraction of sp³-hybridized carbons (Fsp3) is 0.412. The minimum atomic E-state index is -3.86. The van der Waals surface area contributed by atoms with Crippen molar-refractivity contribution in [2.45, 2.75) is 24.3 Å². The molecule has 26 heavy (non-hydrogen) atoms. The minimum absolute atomic E-state index is 0.0104. The number of esters is 1. The summed E-state index contributed by atoms with van der Waals surface area (Å²) < 4.78 is 38.2. The molecule has 1 saturated heterocycles. The maximum Gasteiger partial charge on any atom is 0.373 e. The lowest BCUT2D eigenvalue weighted by molar-refractivity contribution is 0.0563. The van der Waals surface area contributed by atoms with E-state index < -0.39 is 16.0 Å². The topological polar surface area (TPSA) is 102 Å². The zero-order valence-electron chi connectivity index (χ0n) is 14.6. The zero-order valence-corrected chi connectivity index (χ0v) is 15.5. The standard InChI is InChI=1S/C17H21N3O5S/c1-3-14-16(9-15(25-14)17(21)24-2)26(22,23)20-8-7-19-11-13(20)12-5-4-6-18-10-12/h4-6,9-10,13,19H,3,7-8,11H2,1-2H3. The van der Waals surface area contributed by atoms with Gasteiger partial charge in [0.15, 0.2) is 0 Å². The summed E-state index contributed by atoms with van der Waals surface area (Å²) in [5.41, 5.74) is 0.804. The quantitative estimate of drug-likeness (QED) is 0.783. The molecule has 0 radical (unpaired) electrons. The van der Waals surface area contributed by atoms with E-state index in [1.165, 1.54) is 17.5 Å². The van der Waals surface area contributed by atoms with Gasteiger partial charge in [-0.05, 0) is 11.6 Å². The van der Waals surface area contributed by atoms with Crippen LogP contribution >= 0.6 is 0 Å². The molecular formula is C17H21N3O5S. The monoisotopic (exact) mass is 379 g/mol. The Morgan fingerprint density at radius 3 is 2.96 bits per heavy atom. The van der Waals surface area contributed by atoms with E-state index in [2.05, 4.69) is 15.0 Å². The molecule has 0 bridgehead atoms. The van der Waals surface area contributed by atoms with Crippen LogP contribution in [0.4, 0.5) is 0 Å². The Morgan fingerprint density at radius 1 is 1.50 bits per heavy atom. The van der Waals surface area contributed by atoms with Crippen LogP contribution in [0.3, 0.4) is 0 Å². The number of piperazine rings is 1. The van der Waals surface area contributed by atoms with Crippen LogP contribution in [0, 0.1) is 0 Å². The van der Waals surface area contributed by atoms with Gasteiger partial charge in [0, 0.05) is 44.5 Å². The largest absolute Gasteiger partial charge is 0.463 e. The Hall–Kier alpha value is -2.23. The summed E-state index contributed by atoms with van der Waals surface area (Å²) in [7, 11) is -2.64. The van der Waals surface area contributed by atoms with Gasteiger partial charge in [0.05, 0.1) is 13.2 Å². The van der Waals surface area contributed by atoms with Crippen molar-refractivity contribution in [1.82, 2.24) is 14.6 Å². The molecule has 3 heterocycles. The Kier molecular flexibility index (Phi) is 5.40. The van der Waals surface area contributed by atoms with Crippen molar-refractivity contribution >= 4 is 16.0 Å². The van der Waals surface area contributed by atoms with Gasteiger partial charge in [-0.25, -0.2) is 13.2 Å². The molecule has 1 fully saturated rings. The number of nitrogens with zero attached hydrogens (tertiary/aromatic N) is 2. The summed E-state index contributed by atoms with van der Waals surface area (Å²) in [6.07, 6.45) is 3.65. The van der Waals surface area contributed by atoms with Gasteiger partial charge in [-0.2, -0.15) is 4.31 Å². The molecule has 8 nitrogen and oxygen atoms in total. The van der Waals surface area contributed by atoms with Gasteiger partial charge in [-0.15, -0.1) is 0 Å². The number of carbonyl (C=O) groups excluding carboxylic acids is 1. The number of rotatable bonds is 5. The smallest absolute Gasteiger partial charge is 0.373 e. The highest BCUT2D eigenvalue weighted by molar-refractivity contribution is 7.89. The number of carbonyl (C=O) groups is 1. The third-order valence-electron chi connectivity index (χ3n) is 4.33. The van der Waals surface area contributed by atoms with E-state index in [0.717, 1.165) is 5.56 Å². The third-order valence-corrected chi connectivity index (χ3v) is 6.28. The summed E-state index contributed by atoms with van der Waals surface area (Å²) in [6.45, 7) is 3.10. The van der Waals surface area contributed by atoms with Gasteiger partial charge in [0.2, 0.25) is 15.8 Å². The molecule has 0 amide bonds. The first kappa shape index (κ1) is 18.6. The second-order valence-electron chi connectivity index (χ2n) is 5.87. The Labute approximate surface area is 152 Å². The molecular weight excluding hydrogens is 358 g/mol. The number of aryl methyl sites for hydroxylation is 1. The van der Waals surface area contributed by atoms with Crippen LogP contribution in [0.25, 0.3) is 0 Å². The number of pyridine rings is 1. The van der Waals surface area contributed by atoms with E-state index >= 15 is 0 Å². The maximum absolute atomic E-state index is 13.3. The number of aromatic nitrogens is 1. The molecule has 3 rings (SSSR count). The fourth-order valence-electron chi connectivity index (χ4n) is 3.03. The zero-order chi connectivity index (χ0) is 18.7. The van der Waals surface area contributed by atoms with Crippen molar-refractivity contribution in [3.05, 3.63) is 47.7 Å². The van der Waals surface area contributed by atoms with E-state index in [4.69, 9.17) is 4.42 Å². The minimum Gasteiger partial charge on any atom is -0.463 e. The highest BCUT2D eigenvalue weighted by Crippen LogP contribution is 2.32. The van der Waals surface area contributed by atoms with Gasteiger partial charge in [0.25, 0.3) is 0 Å². The molecule has 2 aromatic heterocycles. The summed E-state index contributed by atoms with van der Waals surface area (Å²) in [6, 6.07) is 4.49. The molecule has 2 aromatic rings. The molecule has 0 spiro atoms. The lowest BCUT2D eigenvalue weighted by Crippen LogP contribution is -2.48. The van der Waals surface area contributed by atoms with Crippen molar-refractivity contribution in [1.29, 1.82) is 0 Å². The number of nitrogens with one attached hydrogen (secondary N) is 1. The summed E-state index contributed by atoms with van der Waals surface area (Å²) in [4.78, 5) is 15.8. The molecule has 9 heteroatoms. The highest BCUT2D eigenvalue weighted by Gasteiger charge is 2.37. The fourth-order valence-corrected chi connectivity index (χ4v) is 4.88. The van der Waals surface area contributed by atoms with Crippen LogP contribution < -0.4 is 5.32 Å². The van der Waals surface area contributed by atoms with Gasteiger partial charge in [0.1, 0.15) is 10.7 Å². The van der Waals surface area contributed by atoms with Crippen molar-refractivity contribution in [3.63, 3.8) is 0 Å². The molecule has 140 valence electrons. The number of sulfonamides is 1. The third kappa shape index (κ3) is 3.37. The van der Waals surface area contributed by atoms with E-state index in [1.807, 2.05) is 6.07 Å². The number of furan rings is 1. The van der Waals surface area contributed by atoms with Gasteiger partial charge in [-0.1, -0.05) is 13.0 Å². The number of methoxy groups -OCH3 is 1. The predicted octanol–water partition coefficient (Wildman–Crippen LogP) is 1.36. The lowest BCUT2D eigenvalue weighted by atomic mass is 10.1. The number of ether oxygens (including phenoxy) is 1. The first-order valence-electron chi connectivity index (χ1n) is 8.32. The van der Waals surface area contributed by atoms with Crippen LogP contribution in [0.2, 0.25) is 0 Å². The lowest BCUT2D eigenvalue weighted by Gasteiger charge is -2.35. The van der Waals surface area contributed by atoms with Gasteiger partial charge < -0.3 is 14.5 Å². The number of hydrogen-bond donors (Lipinski definition) is 1. The Bertz CT molecular complexity index is 879. The second-order valence-corrected chi connectivity index (χ2v) is 7.72. The highest BCUT2D eigenvalue weighted by atomic mass is 32.2. The average molecular weight is 379 g/mol. The summed E-state index contributed by atoms with van der Waals surface area (Å²) in [5, 5.41) is 3.22. The second kappa shape index (κ2) is 7.56. The van der Waals surface area contributed by atoms with E-state index in [1.54, 1.807) is 25.4 Å². The molecule has 0 aromatic carbocycles. The first-order valence-corrected chi connectivity index (χ1v) is 9.76. The van der Waals surface area contributed by atoms with Crippen LogP contribution in [0.15, 0.2) is 39.9 Å². The van der Waals surface area contributed by atoms with Crippen molar-refractivity contribution in [3.8, 4) is 0 Å². The molecule has 0 saturated carbocycles. The van der Waals surface area contributed by atoms with Crippen LogP contribution in [0.5, 0.6) is 0 Å². The van der Waals surface area contributed by atoms with E-state index in [9.17, 15) is 13.2 Å². The number of hydrogen-bond acceptors (Lipinski definition) is 7. The maximum atomic E-state index is 13.3. The molecule has 1 unspecified atom stereocenters. The van der Waals surface area contributed by atoms with Crippen molar-refractivity contribution in [2.24, 2.45) is 0 Å². The van der Waals surface area contributed by atoms with Crippen molar-refractivity contribution < 1.29 is 22.4 Å². The van der Waals surface area contributed by atoms with Crippen molar-refractivity contribution in [2.75, 3.05) is 26.7 Å². The Morgan fingerprint density at radius 2 is 2.31 bits per heavy atom. The molecule has 1 N–H and O–H groups in total. The molecule has 1 atom stereocenters. The summed E-state index contributed by atoms with van der Waals surface area (Å²) >= 11 is 0. The van der Waals surface area contributed by atoms with Crippen LogP contribution in [-0.4, -0.2) is 50.4 Å². The SMILES string of the molecule is CCc1oc(C(=O)OC)cc1S(=O)(=O)N1CCNCC1c1cccnc1. The first-order chi connectivity index (χ1) is 12.5. The molecule has 0 aliphatic carbocycles. The molecule has 1 aliphatic rings. The summed E-state index contributed by atoms with van der Waals surface area (Å²) in [5.74, 6) is -0.574.